The largest absolute Gasteiger partial charge is 0.345 e. The highest BCUT2D eigenvalue weighted by atomic mass is 16.6. The lowest BCUT2D eigenvalue weighted by molar-refractivity contribution is -0.385. The van der Waals surface area contributed by atoms with Gasteiger partial charge >= 0.3 is 0 Å². The van der Waals surface area contributed by atoms with E-state index in [2.05, 4.69) is 10.3 Å². The van der Waals surface area contributed by atoms with Crippen LogP contribution in [0.3, 0.4) is 0 Å². The predicted molar refractivity (Wildman–Crippen MR) is 73.3 cm³/mol. The number of nitrogens with zero attached hydrogens (tertiary/aromatic N) is 2. The Labute approximate surface area is 116 Å². The fourth-order valence-corrected chi connectivity index (χ4v) is 2.59. The van der Waals surface area contributed by atoms with Gasteiger partial charge in [-0.1, -0.05) is 12.8 Å². The molecule has 0 radical (unpaired) electrons. The lowest BCUT2D eigenvalue weighted by atomic mass is 9.97. The topological polar surface area (TPSA) is 111 Å². The third-order valence-corrected chi connectivity index (χ3v) is 3.86. The number of carbonyl (C=O) groups excluding carboxylic acids is 1. The molecule has 2 rings (SSSR count). The molecule has 1 aromatic heterocycles. The third kappa shape index (κ3) is 2.77. The van der Waals surface area contributed by atoms with Crippen LogP contribution in [-0.4, -0.2) is 27.9 Å². The number of nitrogens with two attached hydrogens (primary N) is 1. The zero-order valence-corrected chi connectivity index (χ0v) is 11.4. The molecule has 0 aromatic carbocycles. The van der Waals surface area contributed by atoms with Crippen molar-refractivity contribution in [1.82, 2.24) is 10.3 Å². The minimum atomic E-state index is -0.558. The van der Waals surface area contributed by atoms with E-state index < -0.39 is 4.92 Å². The zero-order valence-electron chi connectivity index (χ0n) is 11.4. The molecule has 1 heterocycles. The molecule has 1 aromatic rings. The van der Waals surface area contributed by atoms with Gasteiger partial charge in [0.2, 0.25) is 0 Å². The van der Waals surface area contributed by atoms with Crippen LogP contribution in [0.25, 0.3) is 0 Å². The number of hydrogen-bond acceptors (Lipinski definition) is 5. The summed E-state index contributed by atoms with van der Waals surface area (Å²) in [5, 5.41) is 13.7. The van der Waals surface area contributed by atoms with E-state index in [0.29, 0.717) is 12.2 Å². The smallest absolute Gasteiger partial charge is 0.288 e. The van der Waals surface area contributed by atoms with E-state index in [-0.39, 0.29) is 22.7 Å². The van der Waals surface area contributed by atoms with Crippen molar-refractivity contribution in [3.8, 4) is 0 Å². The second-order valence-electron chi connectivity index (χ2n) is 5.23. The summed E-state index contributed by atoms with van der Waals surface area (Å²) in [6.45, 7) is 2.03. The number of pyridine rings is 1. The molecule has 0 unspecified atom stereocenters. The van der Waals surface area contributed by atoms with E-state index in [4.69, 9.17) is 5.73 Å². The summed E-state index contributed by atoms with van der Waals surface area (Å²) in [4.78, 5) is 26.4. The van der Waals surface area contributed by atoms with Gasteiger partial charge in [-0.05, 0) is 19.8 Å². The molecule has 7 nitrogen and oxygen atoms in total. The standard InChI is InChI=1S/C13H18N4O3/c1-9-11(6-10(7-15-9)17(19)20)12(18)16-13(8-14)4-2-3-5-13/h6-7H,2-5,8,14H2,1H3,(H,16,18). The lowest BCUT2D eigenvalue weighted by Crippen LogP contribution is -2.51. The molecule has 1 amide bonds. The fraction of sp³-hybridized carbons (Fsp3) is 0.538. The maximum absolute atomic E-state index is 12.3. The van der Waals surface area contributed by atoms with Gasteiger partial charge < -0.3 is 11.1 Å². The molecule has 1 saturated carbocycles. The van der Waals surface area contributed by atoms with Crippen LogP contribution < -0.4 is 11.1 Å². The Bertz CT molecular complexity index is 538. The Morgan fingerprint density at radius 1 is 1.55 bits per heavy atom. The summed E-state index contributed by atoms with van der Waals surface area (Å²) >= 11 is 0. The quantitative estimate of drug-likeness (QED) is 0.637. The van der Waals surface area contributed by atoms with Crippen LogP contribution in [0.4, 0.5) is 5.69 Å². The molecule has 0 aliphatic heterocycles. The van der Waals surface area contributed by atoms with Gasteiger partial charge in [0.25, 0.3) is 11.6 Å². The zero-order chi connectivity index (χ0) is 14.8. The van der Waals surface area contributed by atoms with Crippen LogP contribution in [0.15, 0.2) is 12.3 Å². The van der Waals surface area contributed by atoms with Crippen molar-refractivity contribution in [3.05, 3.63) is 33.6 Å². The van der Waals surface area contributed by atoms with Crippen LogP contribution in [0, 0.1) is 17.0 Å². The molecule has 0 bridgehead atoms. The molecule has 0 saturated heterocycles. The summed E-state index contributed by atoms with van der Waals surface area (Å²) < 4.78 is 0. The van der Waals surface area contributed by atoms with Crippen molar-refractivity contribution in [2.75, 3.05) is 6.54 Å². The summed E-state index contributed by atoms with van der Waals surface area (Å²) in [5.74, 6) is -0.342. The molecule has 1 fully saturated rings. The number of aryl methyl sites for hydroxylation is 1. The van der Waals surface area contributed by atoms with Crippen LogP contribution in [0.5, 0.6) is 0 Å². The highest BCUT2D eigenvalue weighted by Crippen LogP contribution is 2.29. The van der Waals surface area contributed by atoms with Gasteiger partial charge in [-0.2, -0.15) is 0 Å². The van der Waals surface area contributed by atoms with Gasteiger partial charge in [-0.15, -0.1) is 0 Å². The molecule has 0 atom stereocenters. The SMILES string of the molecule is Cc1ncc([N+](=O)[O-])cc1C(=O)NC1(CN)CCCC1. The number of aromatic nitrogens is 1. The summed E-state index contributed by atoms with van der Waals surface area (Å²) in [6.07, 6.45) is 4.90. The predicted octanol–water partition coefficient (Wildman–Crippen LogP) is 1.30. The first-order valence-electron chi connectivity index (χ1n) is 6.61. The lowest BCUT2D eigenvalue weighted by Gasteiger charge is -2.28. The van der Waals surface area contributed by atoms with Crippen molar-refractivity contribution in [2.45, 2.75) is 38.1 Å². The normalized spacial score (nSPS) is 16.9. The molecule has 1 aliphatic rings. The first kappa shape index (κ1) is 14.4. The Kier molecular flexibility index (Phi) is 3.99. The fourth-order valence-electron chi connectivity index (χ4n) is 2.59. The van der Waals surface area contributed by atoms with Gasteiger partial charge in [0.15, 0.2) is 0 Å². The van der Waals surface area contributed by atoms with Gasteiger partial charge in [-0.25, -0.2) is 0 Å². The van der Waals surface area contributed by atoms with Gasteiger partial charge in [0.05, 0.1) is 21.7 Å². The number of carbonyl (C=O) groups is 1. The van der Waals surface area contributed by atoms with Crippen LogP contribution in [0.2, 0.25) is 0 Å². The van der Waals surface area contributed by atoms with Gasteiger partial charge in [0, 0.05) is 12.6 Å². The number of rotatable bonds is 4. The van der Waals surface area contributed by atoms with Crippen molar-refractivity contribution in [2.24, 2.45) is 5.73 Å². The first-order valence-corrected chi connectivity index (χ1v) is 6.61. The van der Waals surface area contributed by atoms with Crippen molar-refractivity contribution in [3.63, 3.8) is 0 Å². The minimum absolute atomic E-state index is 0.186. The molecule has 20 heavy (non-hydrogen) atoms. The van der Waals surface area contributed by atoms with Gasteiger partial charge in [0.1, 0.15) is 6.20 Å². The van der Waals surface area contributed by atoms with Crippen molar-refractivity contribution in [1.29, 1.82) is 0 Å². The number of nitrogens with one attached hydrogen (secondary N) is 1. The summed E-state index contributed by atoms with van der Waals surface area (Å²) in [6, 6.07) is 1.26. The summed E-state index contributed by atoms with van der Waals surface area (Å²) in [7, 11) is 0. The van der Waals surface area contributed by atoms with E-state index in [1.165, 1.54) is 6.07 Å². The van der Waals surface area contributed by atoms with E-state index in [1.807, 2.05) is 0 Å². The highest BCUT2D eigenvalue weighted by Gasteiger charge is 2.34. The molecule has 3 N–H and O–H groups in total. The van der Waals surface area contributed by atoms with Crippen LogP contribution >= 0.6 is 0 Å². The molecule has 0 spiro atoms. The number of hydrogen-bond donors (Lipinski definition) is 2. The van der Waals surface area contributed by atoms with Gasteiger partial charge in [-0.3, -0.25) is 19.9 Å². The Hall–Kier alpha value is -2.02. The third-order valence-electron chi connectivity index (χ3n) is 3.86. The number of amides is 1. The van der Waals surface area contributed by atoms with E-state index in [1.54, 1.807) is 6.92 Å². The molecular formula is C13H18N4O3. The van der Waals surface area contributed by atoms with E-state index in [9.17, 15) is 14.9 Å². The second-order valence-corrected chi connectivity index (χ2v) is 5.23. The Morgan fingerprint density at radius 2 is 2.20 bits per heavy atom. The second kappa shape index (κ2) is 5.54. The maximum atomic E-state index is 12.3. The average Bonchev–Trinajstić information content (AvgIpc) is 2.88. The Morgan fingerprint density at radius 3 is 2.75 bits per heavy atom. The number of nitro groups is 1. The average molecular weight is 278 g/mol. The van der Waals surface area contributed by atoms with Crippen molar-refractivity contribution >= 4 is 11.6 Å². The van der Waals surface area contributed by atoms with E-state index in [0.717, 1.165) is 31.9 Å². The molecular weight excluding hydrogens is 260 g/mol. The summed E-state index contributed by atoms with van der Waals surface area (Å²) in [5.41, 5.74) is 5.91. The van der Waals surface area contributed by atoms with Crippen molar-refractivity contribution < 1.29 is 9.72 Å². The molecule has 7 heteroatoms. The molecule has 108 valence electrons. The minimum Gasteiger partial charge on any atom is -0.345 e. The first-order chi connectivity index (χ1) is 9.47. The monoisotopic (exact) mass is 278 g/mol. The maximum Gasteiger partial charge on any atom is 0.288 e. The van der Waals surface area contributed by atoms with Crippen LogP contribution in [-0.2, 0) is 0 Å². The molecule has 1 aliphatic carbocycles. The van der Waals surface area contributed by atoms with E-state index >= 15 is 0 Å². The van der Waals surface area contributed by atoms with Crippen LogP contribution in [0.1, 0.15) is 41.7 Å². The Balaban J connectivity index is 2.24. The highest BCUT2D eigenvalue weighted by molar-refractivity contribution is 5.96.